The Morgan fingerprint density at radius 3 is 2.50 bits per heavy atom. The van der Waals surface area contributed by atoms with Gasteiger partial charge in [-0.15, -0.1) is 0 Å². The quantitative estimate of drug-likeness (QED) is 0.820. The van der Waals surface area contributed by atoms with Gasteiger partial charge in [0, 0.05) is 5.56 Å². The fourth-order valence-corrected chi connectivity index (χ4v) is 4.55. The predicted molar refractivity (Wildman–Crippen MR) is 94.3 cm³/mol. The zero-order chi connectivity index (χ0) is 18.7. The van der Waals surface area contributed by atoms with Crippen LogP contribution in [-0.4, -0.2) is 22.9 Å². The van der Waals surface area contributed by atoms with Crippen LogP contribution in [0.5, 0.6) is 0 Å². The number of benzene rings is 1. The average Bonchev–Trinajstić information content (AvgIpc) is 3.09. The monoisotopic (exact) mass is 369 g/mol. The van der Waals surface area contributed by atoms with E-state index in [9.17, 15) is 24.5 Å². The Bertz CT molecular complexity index is 858. The van der Waals surface area contributed by atoms with Crippen molar-refractivity contribution in [2.45, 2.75) is 31.2 Å². The van der Waals surface area contributed by atoms with Gasteiger partial charge in [-0.1, -0.05) is 24.6 Å². The molecule has 0 radical (unpaired) electrons. The molecule has 0 saturated heterocycles. The summed E-state index contributed by atoms with van der Waals surface area (Å²) in [5, 5.41) is 22.4. The summed E-state index contributed by atoms with van der Waals surface area (Å²) in [5.41, 5.74) is -0.371. The molecule has 1 aromatic carbocycles. The summed E-state index contributed by atoms with van der Waals surface area (Å²) >= 11 is 1.09. The number of carbonyl (C=O) groups is 2. The summed E-state index contributed by atoms with van der Waals surface area (Å²) in [6, 6.07) is 9.17. The van der Waals surface area contributed by atoms with E-state index in [4.69, 9.17) is 0 Å². The summed E-state index contributed by atoms with van der Waals surface area (Å²) in [7, 11) is 0. The van der Waals surface area contributed by atoms with Gasteiger partial charge >= 0.3 is 0 Å². The molecule has 1 aliphatic heterocycles. The first-order chi connectivity index (χ1) is 12.5. The van der Waals surface area contributed by atoms with Crippen LogP contribution in [0.2, 0.25) is 0 Å². The number of rotatable bonds is 4. The van der Waals surface area contributed by atoms with Crippen molar-refractivity contribution in [1.29, 1.82) is 10.5 Å². The molecule has 1 fully saturated rings. The summed E-state index contributed by atoms with van der Waals surface area (Å²) in [6.45, 7) is 0. The number of carbonyl (C=O) groups excluding carboxylic acids is 2. The highest BCUT2D eigenvalue weighted by Gasteiger charge is 2.50. The minimum absolute atomic E-state index is 0.0136. The van der Waals surface area contributed by atoms with Gasteiger partial charge in [0.1, 0.15) is 23.4 Å². The van der Waals surface area contributed by atoms with E-state index in [2.05, 4.69) is 11.4 Å². The van der Waals surface area contributed by atoms with E-state index >= 15 is 0 Å². The molecule has 1 aromatic rings. The molecule has 0 bridgehead atoms. The molecule has 0 amide bonds. The summed E-state index contributed by atoms with van der Waals surface area (Å²) in [6.07, 6.45) is 3.19. The minimum Gasteiger partial charge on any atom is -0.371 e. The van der Waals surface area contributed by atoms with Gasteiger partial charge in [-0.05, 0) is 37.1 Å². The Balaban J connectivity index is 1.82. The number of nitrogens with one attached hydrogen (secondary N) is 1. The van der Waals surface area contributed by atoms with Gasteiger partial charge in [-0.25, -0.2) is 4.39 Å². The molecule has 7 heteroatoms. The van der Waals surface area contributed by atoms with Crippen molar-refractivity contribution in [3.05, 3.63) is 46.2 Å². The highest BCUT2D eigenvalue weighted by molar-refractivity contribution is 8.03. The fourth-order valence-electron chi connectivity index (χ4n) is 3.54. The molecule has 26 heavy (non-hydrogen) atoms. The third-order valence-electron chi connectivity index (χ3n) is 4.90. The van der Waals surface area contributed by atoms with Crippen LogP contribution < -0.4 is 5.32 Å². The van der Waals surface area contributed by atoms with E-state index in [0.717, 1.165) is 24.6 Å². The van der Waals surface area contributed by atoms with Crippen molar-refractivity contribution in [2.75, 3.05) is 5.75 Å². The molecule has 3 rings (SSSR count). The molecule has 2 aliphatic rings. The molecule has 1 atom stereocenters. The van der Waals surface area contributed by atoms with Gasteiger partial charge in [-0.2, -0.15) is 10.5 Å². The van der Waals surface area contributed by atoms with Crippen LogP contribution in [-0.2, 0) is 4.79 Å². The number of nitrogens with zero attached hydrogens (tertiary/aromatic N) is 2. The summed E-state index contributed by atoms with van der Waals surface area (Å²) in [5.74, 6) is -1.98. The highest BCUT2D eigenvalue weighted by atomic mass is 32.2. The molecule has 1 N–H and O–H groups in total. The number of thioether (sulfide) groups is 1. The highest BCUT2D eigenvalue weighted by Crippen LogP contribution is 2.43. The number of halogens is 1. The Morgan fingerprint density at radius 1 is 1.27 bits per heavy atom. The number of Topliss-reactive ketones (excluding diaryl/α,β-unsaturated/α-hetero) is 2. The maximum Gasteiger partial charge on any atom is 0.195 e. The molecule has 1 spiro atoms. The lowest BCUT2D eigenvalue weighted by Crippen LogP contribution is -2.54. The average molecular weight is 369 g/mol. The van der Waals surface area contributed by atoms with E-state index < -0.39 is 23.1 Å². The summed E-state index contributed by atoms with van der Waals surface area (Å²) < 4.78 is 13.0. The van der Waals surface area contributed by atoms with Crippen molar-refractivity contribution < 1.29 is 14.0 Å². The fraction of sp³-hybridized carbons (Fsp3) is 0.368. The molecular weight excluding hydrogens is 353 g/mol. The maximum atomic E-state index is 13.0. The second kappa shape index (κ2) is 7.31. The first kappa shape index (κ1) is 18.2. The number of hydrogen-bond acceptors (Lipinski definition) is 6. The van der Waals surface area contributed by atoms with Crippen LogP contribution in [0.4, 0.5) is 4.39 Å². The van der Waals surface area contributed by atoms with Crippen LogP contribution in [0.3, 0.4) is 0 Å². The van der Waals surface area contributed by atoms with Crippen LogP contribution in [0, 0.1) is 34.4 Å². The van der Waals surface area contributed by atoms with E-state index in [0.29, 0.717) is 23.4 Å². The van der Waals surface area contributed by atoms with Gasteiger partial charge in [-0.3, -0.25) is 9.59 Å². The summed E-state index contributed by atoms with van der Waals surface area (Å²) in [4.78, 5) is 24.9. The lowest BCUT2D eigenvalue weighted by Gasteiger charge is -2.39. The van der Waals surface area contributed by atoms with Crippen LogP contribution >= 0.6 is 11.8 Å². The minimum atomic E-state index is -0.878. The predicted octanol–water partition coefficient (Wildman–Crippen LogP) is 3.10. The zero-order valence-electron chi connectivity index (χ0n) is 13.9. The van der Waals surface area contributed by atoms with Crippen LogP contribution in [0.15, 0.2) is 34.9 Å². The molecule has 1 heterocycles. The normalized spacial score (nSPS) is 21.2. The molecule has 1 saturated carbocycles. The van der Waals surface area contributed by atoms with Gasteiger partial charge in [0.2, 0.25) is 0 Å². The molecule has 1 aliphatic carbocycles. The van der Waals surface area contributed by atoms with E-state index in [1.807, 2.05) is 6.07 Å². The lowest BCUT2D eigenvalue weighted by molar-refractivity contribution is -0.120. The van der Waals surface area contributed by atoms with Crippen molar-refractivity contribution in [3.63, 3.8) is 0 Å². The van der Waals surface area contributed by atoms with Crippen molar-refractivity contribution in [2.24, 2.45) is 5.92 Å². The van der Waals surface area contributed by atoms with Crippen LogP contribution in [0.25, 0.3) is 0 Å². The molecule has 5 nitrogen and oxygen atoms in total. The third-order valence-corrected chi connectivity index (χ3v) is 5.90. The van der Waals surface area contributed by atoms with Crippen molar-refractivity contribution in [3.8, 4) is 12.1 Å². The van der Waals surface area contributed by atoms with Crippen molar-refractivity contribution in [1.82, 2.24) is 5.32 Å². The Labute approximate surface area is 154 Å². The zero-order valence-corrected chi connectivity index (χ0v) is 14.7. The first-order valence-corrected chi connectivity index (χ1v) is 9.27. The topological polar surface area (TPSA) is 93.8 Å². The van der Waals surface area contributed by atoms with Gasteiger partial charge in [0.15, 0.2) is 11.6 Å². The largest absolute Gasteiger partial charge is 0.371 e. The van der Waals surface area contributed by atoms with Crippen molar-refractivity contribution >= 4 is 23.3 Å². The number of nitriles is 2. The Hall–Kier alpha value is -2.64. The number of allylic oxidation sites excluding steroid dienone is 1. The number of hydrogen-bond donors (Lipinski definition) is 1. The van der Waals surface area contributed by atoms with E-state index in [-0.39, 0.29) is 17.1 Å². The molecular formula is C19H16FN3O2S. The SMILES string of the molecule is N#CC1=C(SCC(=O)c2ccc(F)cc2)NC2(CCCC2)C(C#N)C1=O. The molecule has 0 aromatic heterocycles. The second-order valence-electron chi connectivity index (χ2n) is 6.45. The third kappa shape index (κ3) is 3.23. The maximum absolute atomic E-state index is 13.0. The van der Waals surface area contributed by atoms with Gasteiger partial charge in [0.05, 0.1) is 22.4 Å². The Kier molecular flexibility index (Phi) is 5.11. The smallest absolute Gasteiger partial charge is 0.195 e. The lowest BCUT2D eigenvalue weighted by atomic mass is 9.76. The first-order valence-electron chi connectivity index (χ1n) is 8.29. The molecule has 1 unspecified atom stereocenters. The molecule has 132 valence electrons. The van der Waals surface area contributed by atoms with E-state index in [1.54, 1.807) is 0 Å². The van der Waals surface area contributed by atoms with Gasteiger partial charge in [0.25, 0.3) is 0 Å². The second-order valence-corrected chi connectivity index (χ2v) is 7.43. The number of ketones is 2. The standard InChI is InChI=1S/C19H16FN3O2S/c20-13-5-3-12(4-6-13)16(24)11-26-18-14(9-21)17(25)15(10-22)19(23-18)7-1-2-8-19/h3-6,15,23H,1-2,7-8,11H2. The van der Waals surface area contributed by atoms with E-state index in [1.165, 1.54) is 24.3 Å². The van der Waals surface area contributed by atoms with Crippen LogP contribution in [0.1, 0.15) is 36.0 Å². The van der Waals surface area contributed by atoms with Gasteiger partial charge < -0.3 is 5.32 Å². The Morgan fingerprint density at radius 2 is 1.92 bits per heavy atom.